The van der Waals surface area contributed by atoms with Gasteiger partial charge in [0, 0.05) is 30.3 Å². The van der Waals surface area contributed by atoms with Gasteiger partial charge in [-0.15, -0.1) is 0 Å². The van der Waals surface area contributed by atoms with Gasteiger partial charge >= 0.3 is 0 Å². The lowest BCUT2D eigenvalue weighted by atomic mass is 9.81. The maximum atomic E-state index is 13.2. The van der Waals surface area contributed by atoms with Crippen LogP contribution in [0.4, 0.5) is 0 Å². The van der Waals surface area contributed by atoms with Crippen molar-refractivity contribution in [3.63, 3.8) is 0 Å². The summed E-state index contributed by atoms with van der Waals surface area (Å²) in [6, 6.07) is 17.2. The Balaban J connectivity index is 1.52. The maximum Gasteiger partial charge on any atom is 0.251 e. The Labute approximate surface area is 200 Å². The van der Waals surface area contributed by atoms with E-state index in [1.165, 1.54) is 0 Å². The molecule has 1 heterocycles. The quantitative estimate of drug-likeness (QED) is 0.412. The van der Waals surface area contributed by atoms with Crippen LogP contribution in [0.2, 0.25) is 0 Å². The van der Waals surface area contributed by atoms with Crippen LogP contribution in [0.3, 0.4) is 0 Å². The third-order valence-corrected chi connectivity index (χ3v) is 6.75. The van der Waals surface area contributed by atoms with E-state index in [2.05, 4.69) is 27.8 Å². The van der Waals surface area contributed by atoms with Gasteiger partial charge in [0.2, 0.25) is 5.91 Å². The number of hydrogen-bond donors (Lipinski definition) is 4. The largest absolute Gasteiger partial charge is 0.355 e. The van der Waals surface area contributed by atoms with Crippen LogP contribution in [-0.4, -0.2) is 35.4 Å². The molecule has 1 aromatic heterocycles. The van der Waals surface area contributed by atoms with Crippen LogP contribution >= 0.6 is 0 Å². The van der Waals surface area contributed by atoms with E-state index >= 15 is 0 Å². The van der Waals surface area contributed by atoms with E-state index in [0.29, 0.717) is 24.4 Å². The van der Waals surface area contributed by atoms with E-state index in [1.54, 1.807) is 19.2 Å². The molecule has 34 heavy (non-hydrogen) atoms. The van der Waals surface area contributed by atoms with Crippen LogP contribution in [0.1, 0.15) is 53.5 Å². The Morgan fingerprint density at radius 1 is 1.06 bits per heavy atom. The Morgan fingerprint density at radius 2 is 1.76 bits per heavy atom. The molecule has 1 fully saturated rings. The minimum absolute atomic E-state index is 0.0211. The number of nitrogens with two attached hydrogens (primary N) is 1. The van der Waals surface area contributed by atoms with E-state index in [1.807, 2.05) is 36.5 Å². The van der Waals surface area contributed by atoms with Crippen molar-refractivity contribution in [2.75, 3.05) is 13.6 Å². The van der Waals surface area contributed by atoms with Gasteiger partial charge in [0.1, 0.15) is 5.82 Å². The minimum Gasteiger partial charge on any atom is -0.355 e. The van der Waals surface area contributed by atoms with Crippen LogP contribution in [0.5, 0.6) is 0 Å². The number of nitrogens with zero attached hydrogens (tertiary/aromatic N) is 1. The molecule has 2 aromatic carbocycles. The van der Waals surface area contributed by atoms with Crippen molar-refractivity contribution in [2.45, 2.75) is 38.1 Å². The van der Waals surface area contributed by atoms with Crippen molar-refractivity contribution in [1.82, 2.24) is 20.6 Å². The molecule has 1 saturated carbocycles. The van der Waals surface area contributed by atoms with Gasteiger partial charge in [-0.25, -0.2) is 4.98 Å². The molecular weight excluding hydrogens is 426 g/mol. The predicted octanol–water partition coefficient (Wildman–Crippen LogP) is 3.60. The number of H-pyrrole nitrogens is 1. The van der Waals surface area contributed by atoms with Gasteiger partial charge in [-0.2, -0.15) is 0 Å². The fourth-order valence-corrected chi connectivity index (χ4v) is 4.62. The highest BCUT2D eigenvalue weighted by atomic mass is 16.2. The number of carbonyl (C=O) groups excluding carboxylic acids is 2. The lowest BCUT2D eigenvalue weighted by molar-refractivity contribution is -0.127. The molecule has 4 rings (SSSR count). The Bertz CT molecular complexity index is 1090. The van der Waals surface area contributed by atoms with Crippen LogP contribution in [0, 0.1) is 11.8 Å². The molecule has 1 aliphatic rings. The van der Waals surface area contributed by atoms with Gasteiger partial charge in [-0.05, 0) is 62.3 Å². The van der Waals surface area contributed by atoms with Crippen molar-refractivity contribution < 1.29 is 9.59 Å². The molecule has 1 aliphatic carbocycles. The zero-order chi connectivity index (χ0) is 23.9. The van der Waals surface area contributed by atoms with Crippen LogP contribution in [-0.2, 0) is 11.2 Å². The number of nitrogens with one attached hydrogen (secondary N) is 3. The summed E-state index contributed by atoms with van der Waals surface area (Å²) in [5.41, 5.74) is 9.22. The summed E-state index contributed by atoms with van der Waals surface area (Å²) in [5.74, 6) is 1.24. The summed E-state index contributed by atoms with van der Waals surface area (Å²) in [6.07, 6.45) is 6.28. The molecule has 0 aliphatic heterocycles. The topological polar surface area (TPSA) is 113 Å². The zero-order valence-electron chi connectivity index (χ0n) is 19.6. The van der Waals surface area contributed by atoms with Gasteiger partial charge < -0.3 is 21.4 Å². The van der Waals surface area contributed by atoms with Gasteiger partial charge in [0.15, 0.2) is 0 Å². The normalized spacial score (nSPS) is 18.8. The highest BCUT2D eigenvalue weighted by molar-refractivity contribution is 5.94. The summed E-state index contributed by atoms with van der Waals surface area (Å²) in [5, 5.41) is 5.89. The molecule has 178 valence electrons. The minimum atomic E-state index is -0.263. The van der Waals surface area contributed by atoms with E-state index in [-0.39, 0.29) is 23.8 Å². The van der Waals surface area contributed by atoms with Crippen molar-refractivity contribution in [2.24, 2.45) is 17.6 Å². The molecule has 2 amide bonds. The molecule has 7 heteroatoms. The fraction of sp³-hybridized carbons (Fsp3) is 0.370. The molecule has 0 saturated heterocycles. The first-order valence-corrected chi connectivity index (χ1v) is 12.0. The SMILES string of the molecule is CNC(=O)c1ccc(-c2c[nH]c([C@H](Cc3ccccc3)NC(=O)C3CCC(CN)CC3)n2)cc1. The summed E-state index contributed by atoms with van der Waals surface area (Å²) >= 11 is 0. The second-order valence-corrected chi connectivity index (χ2v) is 9.03. The zero-order valence-corrected chi connectivity index (χ0v) is 19.6. The molecule has 3 aromatic rings. The van der Waals surface area contributed by atoms with Crippen molar-refractivity contribution in [3.05, 3.63) is 77.7 Å². The number of rotatable bonds is 8. The first kappa shape index (κ1) is 23.7. The van der Waals surface area contributed by atoms with E-state index < -0.39 is 0 Å². The average Bonchev–Trinajstić information content (AvgIpc) is 3.39. The second kappa shape index (κ2) is 11.1. The average molecular weight is 460 g/mol. The Kier molecular flexibility index (Phi) is 7.75. The number of imidazole rings is 1. The number of carbonyl (C=O) groups is 2. The third-order valence-electron chi connectivity index (χ3n) is 6.75. The monoisotopic (exact) mass is 459 g/mol. The van der Waals surface area contributed by atoms with Gasteiger partial charge in [0.25, 0.3) is 5.91 Å². The lowest BCUT2D eigenvalue weighted by Crippen LogP contribution is -2.37. The molecule has 0 unspecified atom stereocenters. The van der Waals surface area contributed by atoms with Crippen molar-refractivity contribution in [3.8, 4) is 11.3 Å². The number of benzene rings is 2. The second-order valence-electron chi connectivity index (χ2n) is 9.03. The van der Waals surface area contributed by atoms with E-state index in [4.69, 9.17) is 10.7 Å². The van der Waals surface area contributed by atoms with Crippen LogP contribution < -0.4 is 16.4 Å². The summed E-state index contributed by atoms with van der Waals surface area (Å²) in [6.45, 7) is 0.699. The first-order chi connectivity index (χ1) is 16.6. The van der Waals surface area contributed by atoms with Gasteiger partial charge in [-0.1, -0.05) is 42.5 Å². The molecule has 0 bridgehead atoms. The molecular formula is C27H33N5O2. The standard InChI is InChI=1S/C27H33N5O2/c1-29-26(33)21-13-11-20(12-14-21)24-17-30-25(31-24)23(15-18-5-3-2-4-6-18)32-27(34)22-9-7-19(16-28)8-10-22/h2-6,11-14,17,19,22-23H,7-10,15-16,28H2,1H3,(H,29,33)(H,30,31)(H,32,34)/t19?,22?,23-/m0/s1. The molecule has 5 N–H and O–H groups in total. The molecule has 1 atom stereocenters. The smallest absolute Gasteiger partial charge is 0.251 e. The predicted molar refractivity (Wildman–Crippen MR) is 133 cm³/mol. The highest BCUT2D eigenvalue weighted by Gasteiger charge is 2.28. The maximum absolute atomic E-state index is 13.2. The molecule has 0 radical (unpaired) electrons. The van der Waals surface area contributed by atoms with Gasteiger partial charge in [0.05, 0.1) is 11.7 Å². The van der Waals surface area contributed by atoms with Crippen molar-refractivity contribution >= 4 is 11.8 Å². The summed E-state index contributed by atoms with van der Waals surface area (Å²) in [7, 11) is 1.61. The number of hydrogen-bond acceptors (Lipinski definition) is 4. The first-order valence-electron chi connectivity index (χ1n) is 12.0. The van der Waals surface area contributed by atoms with Crippen LogP contribution in [0.25, 0.3) is 11.3 Å². The van der Waals surface area contributed by atoms with E-state index in [0.717, 1.165) is 48.3 Å². The third kappa shape index (κ3) is 5.72. The van der Waals surface area contributed by atoms with Gasteiger partial charge in [-0.3, -0.25) is 9.59 Å². The van der Waals surface area contributed by atoms with Crippen molar-refractivity contribution in [1.29, 1.82) is 0 Å². The molecule has 0 spiro atoms. The number of amides is 2. The molecule has 7 nitrogen and oxygen atoms in total. The summed E-state index contributed by atoms with van der Waals surface area (Å²) < 4.78 is 0. The lowest BCUT2D eigenvalue weighted by Gasteiger charge is -2.28. The Hall–Kier alpha value is -3.45. The van der Waals surface area contributed by atoms with E-state index in [9.17, 15) is 9.59 Å². The number of aromatic amines is 1. The fourth-order valence-electron chi connectivity index (χ4n) is 4.62. The van der Waals surface area contributed by atoms with Crippen LogP contribution in [0.15, 0.2) is 60.8 Å². The Morgan fingerprint density at radius 3 is 2.41 bits per heavy atom. The number of aromatic nitrogens is 2. The summed E-state index contributed by atoms with van der Waals surface area (Å²) in [4.78, 5) is 33.1. The highest BCUT2D eigenvalue weighted by Crippen LogP contribution is 2.29.